The molecule has 2 aromatic heterocycles. The normalized spacial score (nSPS) is 15.3. The summed E-state index contributed by atoms with van der Waals surface area (Å²) in [6.07, 6.45) is 3.73. The summed E-state index contributed by atoms with van der Waals surface area (Å²) >= 11 is 1.27. The van der Waals surface area contributed by atoms with Crippen LogP contribution in [0.15, 0.2) is 69.7 Å². The number of carbonyl (C=O) groups excluding carboxylic acids is 1. The third-order valence-corrected chi connectivity index (χ3v) is 7.47. The molecule has 4 aromatic rings. The van der Waals surface area contributed by atoms with Crippen molar-refractivity contribution < 1.29 is 23.7 Å². The first-order valence-electron chi connectivity index (χ1n) is 12.5. The highest BCUT2D eigenvalue weighted by Gasteiger charge is 2.36. The Kier molecular flexibility index (Phi) is 7.67. The molecule has 3 heterocycles. The van der Waals surface area contributed by atoms with Crippen molar-refractivity contribution in [2.24, 2.45) is 4.99 Å². The number of methoxy groups -OCH3 is 2. The lowest BCUT2D eigenvalue weighted by atomic mass is 9.94. The summed E-state index contributed by atoms with van der Waals surface area (Å²) in [5.74, 6) is 0.377. The molecule has 1 atom stereocenters. The average Bonchev–Trinajstić information content (AvgIpc) is 3.48. The predicted octanol–water partition coefficient (Wildman–Crippen LogP) is 3.31. The second kappa shape index (κ2) is 11.3. The number of benzene rings is 2. The van der Waals surface area contributed by atoms with Crippen molar-refractivity contribution in [3.05, 3.63) is 90.7 Å². The number of nitrogens with zero attached hydrogens (tertiary/aromatic N) is 2. The molecule has 9 nitrogen and oxygen atoms in total. The van der Waals surface area contributed by atoms with Gasteiger partial charge in [0.25, 0.3) is 5.56 Å². The fraction of sp³-hybridized carbons (Fsp3) is 0.276. The number of rotatable bonds is 9. The minimum atomic E-state index is -0.835. The zero-order valence-electron chi connectivity index (χ0n) is 22.1. The molecule has 1 N–H and O–H groups in total. The monoisotopic (exact) mass is 547 g/mol. The smallest absolute Gasteiger partial charge is 0.338 e. The summed E-state index contributed by atoms with van der Waals surface area (Å²) in [5, 5.41) is 1.00. The van der Waals surface area contributed by atoms with Crippen molar-refractivity contribution in [2.75, 3.05) is 34.0 Å². The second-order valence-corrected chi connectivity index (χ2v) is 9.82. The Labute approximate surface area is 228 Å². The molecule has 1 aliphatic rings. The second-order valence-electron chi connectivity index (χ2n) is 8.81. The zero-order valence-corrected chi connectivity index (χ0v) is 23.0. The maximum Gasteiger partial charge on any atom is 0.338 e. The van der Waals surface area contributed by atoms with Crippen LogP contribution in [0, 0.1) is 0 Å². The molecule has 0 spiro atoms. The van der Waals surface area contributed by atoms with E-state index < -0.39 is 12.0 Å². The van der Waals surface area contributed by atoms with Gasteiger partial charge in [-0.1, -0.05) is 41.7 Å². The van der Waals surface area contributed by atoms with Gasteiger partial charge in [0.2, 0.25) is 0 Å². The first-order valence-corrected chi connectivity index (χ1v) is 13.3. The molecular formula is C29H29N3O6S. The minimum Gasteiger partial charge on any atom is -0.493 e. The summed E-state index contributed by atoms with van der Waals surface area (Å²) in [6.45, 7) is 4.30. The number of aromatic amines is 1. The van der Waals surface area contributed by atoms with Crippen LogP contribution in [-0.4, -0.2) is 49.6 Å². The topological polar surface area (TPSA) is 104 Å². The number of nitrogens with one attached hydrogen (secondary N) is 1. The van der Waals surface area contributed by atoms with Crippen LogP contribution in [0.5, 0.6) is 11.5 Å². The standard InChI is InChI=1S/C29H29N3O6S/c1-5-37-26-20(10-8-12-22(26)36-4)25-24(28(34)38-14-13-35-3)17(2)31-29-32(25)27(33)23(39-29)15-18-16-30-21-11-7-6-9-19(18)21/h6-12,15-16,25,30H,5,13-14H2,1-4H3/b23-15+/t25-/m1/s1. The summed E-state index contributed by atoms with van der Waals surface area (Å²) in [7, 11) is 3.08. The fourth-order valence-corrected chi connectivity index (χ4v) is 5.77. The molecule has 202 valence electrons. The fourth-order valence-electron chi connectivity index (χ4n) is 4.73. The van der Waals surface area contributed by atoms with Gasteiger partial charge in [-0.15, -0.1) is 0 Å². The summed E-state index contributed by atoms with van der Waals surface area (Å²) in [4.78, 5) is 35.8. The molecule has 2 aromatic carbocycles. The molecule has 0 radical (unpaired) electrons. The predicted molar refractivity (Wildman–Crippen MR) is 149 cm³/mol. The molecule has 0 amide bonds. The Morgan fingerprint density at radius 3 is 2.74 bits per heavy atom. The van der Waals surface area contributed by atoms with Gasteiger partial charge in [-0.05, 0) is 32.1 Å². The van der Waals surface area contributed by atoms with Gasteiger partial charge in [0.05, 0.1) is 36.1 Å². The molecule has 0 fully saturated rings. The van der Waals surface area contributed by atoms with Gasteiger partial charge >= 0.3 is 5.97 Å². The number of carbonyl (C=O) groups is 1. The highest BCUT2D eigenvalue weighted by Crippen LogP contribution is 2.40. The number of thiazole rings is 1. The van der Waals surface area contributed by atoms with E-state index in [9.17, 15) is 9.59 Å². The molecule has 0 unspecified atom stereocenters. The number of ether oxygens (including phenoxy) is 4. The number of para-hydroxylation sites is 2. The summed E-state index contributed by atoms with van der Waals surface area (Å²) < 4.78 is 24.2. The third kappa shape index (κ3) is 4.88. The Bertz CT molecular complexity index is 1750. The number of esters is 1. The van der Waals surface area contributed by atoms with Crippen LogP contribution in [0.25, 0.3) is 17.0 Å². The van der Waals surface area contributed by atoms with Crippen molar-refractivity contribution in [1.82, 2.24) is 9.55 Å². The molecule has 1 aliphatic heterocycles. The van der Waals surface area contributed by atoms with Crippen LogP contribution in [-0.2, 0) is 14.3 Å². The van der Waals surface area contributed by atoms with E-state index in [1.165, 1.54) is 18.4 Å². The molecular weight excluding hydrogens is 518 g/mol. The van der Waals surface area contributed by atoms with Gasteiger partial charge in [-0.25, -0.2) is 9.79 Å². The first kappa shape index (κ1) is 26.5. The van der Waals surface area contributed by atoms with E-state index in [0.29, 0.717) is 38.7 Å². The van der Waals surface area contributed by atoms with Gasteiger partial charge in [-0.3, -0.25) is 9.36 Å². The molecule has 0 bridgehead atoms. The molecule has 0 saturated carbocycles. The van der Waals surface area contributed by atoms with Crippen molar-refractivity contribution in [3.63, 3.8) is 0 Å². The Morgan fingerprint density at radius 2 is 1.97 bits per heavy atom. The van der Waals surface area contributed by atoms with E-state index in [1.807, 2.05) is 55.6 Å². The molecule has 0 saturated heterocycles. The molecule has 39 heavy (non-hydrogen) atoms. The van der Waals surface area contributed by atoms with Gasteiger partial charge in [0, 0.05) is 35.3 Å². The Hall–Kier alpha value is -4.15. The van der Waals surface area contributed by atoms with E-state index in [4.69, 9.17) is 18.9 Å². The highest BCUT2D eigenvalue weighted by molar-refractivity contribution is 7.07. The number of fused-ring (bicyclic) bond motifs is 2. The van der Waals surface area contributed by atoms with Gasteiger partial charge in [0.1, 0.15) is 12.6 Å². The Balaban J connectivity index is 1.74. The van der Waals surface area contributed by atoms with Gasteiger partial charge in [0.15, 0.2) is 16.3 Å². The Morgan fingerprint density at radius 1 is 1.15 bits per heavy atom. The van der Waals surface area contributed by atoms with Crippen molar-refractivity contribution in [2.45, 2.75) is 19.9 Å². The quantitative estimate of drug-likeness (QED) is 0.255. The highest BCUT2D eigenvalue weighted by atomic mass is 32.1. The van der Waals surface area contributed by atoms with Crippen LogP contribution >= 0.6 is 11.3 Å². The number of aromatic nitrogens is 2. The van der Waals surface area contributed by atoms with Crippen LogP contribution in [0.3, 0.4) is 0 Å². The van der Waals surface area contributed by atoms with E-state index in [2.05, 4.69) is 9.98 Å². The maximum absolute atomic E-state index is 14.0. The number of hydrogen-bond acceptors (Lipinski definition) is 8. The average molecular weight is 548 g/mol. The lowest BCUT2D eigenvalue weighted by Crippen LogP contribution is -2.40. The number of hydrogen-bond donors (Lipinski definition) is 1. The summed E-state index contributed by atoms with van der Waals surface area (Å²) in [5.41, 5.74) is 2.92. The lowest BCUT2D eigenvalue weighted by Gasteiger charge is -2.27. The lowest BCUT2D eigenvalue weighted by molar-refractivity contribution is -0.140. The number of H-pyrrole nitrogens is 1. The maximum atomic E-state index is 14.0. The van der Waals surface area contributed by atoms with E-state index in [1.54, 1.807) is 24.7 Å². The van der Waals surface area contributed by atoms with Gasteiger partial charge < -0.3 is 23.9 Å². The first-order chi connectivity index (χ1) is 19.0. The molecule has 5 rings (SSSR count). The van der Waals surface area contributed by atoms with Crippen LogP contribution in [0.4, 0.5) is 0 Å². The zero-order chi connectivity index (χ0) is 27.5. The van der Waals surface area contributed by atoms with Crippen LogP contribution in [0.2, 0.25) is 0 Å². The SMILES string of the molecule is CCOc1c(OC)cccc1[C@@H]1C(C(=O)OCCOC)=C(C)N=c2s/c(=C/c3c[nH]c4ccccc34)c(=O)n21. The van der Waals surface area contributed by atoms with E-state index in [-0.39, 0.29) is 24.3 Å². The van der Waals surface area contributed by atoms with Gasteiger partial charge in [-0.2, -0.15) is 0 Å². The van der Waals surface area contributed by atoms with Crippen molar-refractivity contribution >= 4 is 34.3 Å². The molecule has 0 aliphatic carbocycles. The third-order valence-electron chi connectivity index (χ3n) is 6.48. The van der Waals surface area contributed by atoms with Crippen LogP contribution < -0.4 is 24.4 Å². The minimum absolute atomic E-state index is 0.0697. The van der Waals surface area contributed by atoms with E-state index >= 15 is 0 Å². The molecule has 10 heteroatoms. The van der Waals surface area contributed by atoms with Crippen molar-refractivity contribution in [1.29, 1.82) is 0 Å². The van der Waals surface area contributed by atoms with Crippen LogP contribution in [0.1, 0.15) is 31.0 Å². The van der Waals surface area contributed by atoms with E-state index in [0.717, 1.165) is 16.5 Å². The summed E-state index contributed by atoms with van der Waals surface area (Å²) in [6, 6.07) is 12.5. The largest absolute Gasteiger partial charge is 0.493 e. The number of allylic oxidation sites excluding steroid dienone is 1. The van der Waals surface area contributed by atoms with Crippen molar-refractivity contribution in [3.8, 4) is 11.5 Å².